The molecule has 6 nitrogen and oxygen atoms in total. The van der Waals surface area contributed by atoms with Crippen molar-refractivity contribution >= 4 is 41.5 Å². The summed E-state index contributed by atoms with van der Waals surface area (Å²) in [5, 5.41) is 12.1. The van der Waals surface area contributed by atoms with Crippen LogP contribution in [0, 0.1) is 0 Å². The van der Waals surface area contributed by atoms with E-state index in [1.54, 1.807) is 14.2 Å². The molecule has 154 valence electrons. The molecule has 1 fully saturated rings. The molecule has 1 heterocycles. The summed E-state index contributed by atoms with van der Waals surface area (Å²) in [4.78, 5) is 4.28. The third-order valence-electron chi connectivity index (χ3n) is 4.97. The van der Waals surface area contributed by atoms with E-state index in [9.17, 15) is 0 Å². The Labute approximate surface area is 189 Å². The van der Waals surface area contributed by atoms with Crippen LogP contribution in [0.15, 0.2) is 35.5 Å². The zero-order chi connectivity index (χ0) is 19.1. The first kappa shape index (κ1) is 22.8. The Morgan fingerprint density at radius 1 is 1.29 bits per heavy atom. The lowest BCUT2D eigenvalue weighted by molar-refractivity contribution is 0.414. The van der Waals surface area contributed by atoms with Crippen LogP contribution < -0.4 is 15.4 Å². The van der Waals surface area contributed by atoms with Gasteiger partial charge in [0.05, 0.1) is 25.4 Å². The Morgan fingerprint density at radius 2 is 2.07 bits per heavy atom. The van der Waals surface area contributed by atoms with E-state index in [0.29, 0.717) is 12.6 Å². The fourth-order valence-corrected chi connectivity index (χ4v) is 3.68. The lowest BCUT2D eigenvalue weighted by Crippen LogP contribution is -2.38. The number of nitrogens with zero attached hydrogens (tertiary/aromatic N) is 3. The van der Waals surface area contributed by atoms with Crippen LogP contribution in [0.25, 0.3) is 0 Å². The fourth-order valence-electron chi connectivity index (χ4n) is 3.41. The van der Waals surface area contributed by atoms with Crippen LogP contribution >= 0.6 is 35.6 Å². The van der Waals surface area contributed by atoms with Gasteiger partial charge in [-0.3, -0.25) is 9.67 Å². The smallest absolute Gasteiger partial charge is 0.191 e. The zero-order valence-corrected chi connectivity index (χ0v) is 19.5. The van der Waals surface area contributed by atoms with Crippen molar-refractivity contribution in [3.05, 3.63) is 46.7 Å². The van der Waals surface area contributed by atoms with Gasteiger partial charge in [0.1, 0.15) is 5.75 Å². The van der Waals surface area contributed by atoms with E-state index >= 15 is 0 Å². The molecule has 2 N–H and O–H groups in total. The fraction of sp³-hybridized carbons (Fsp3) is 0.500. The van der Waals surface area contributed by atoms with Gasteiger partial charge in [0.15, 0.2) is 5.96 Å². The van der Waals surface area contributed by atoms with Crippen molar-refractivity contribution < 1.29 is 4.74 Å². The van der Waals surface area contributed by atoms with Crippen LogP contribution in [0.3, 0.4) is 0 Å². The summed E-state index contributed by atoms with van der Waals surface area (Å²) in [6.07, 6.45) is 8.01. The maximum atomic E-state index is 6.29. The van der Waals surface area contributed by atoms with E-state index in [1.807, 2.05) is 18.2 Å². The first-order valence-electron chi connectivity index (χ1n) is 9.50. The van der Waals surface area contributed by atoms with Crippen LogP contribution in [0.4, 0.5) is 0 Å². The number of guanidine groups is 1. The molecule has 0 spiro atoms. The molecular formula is C20H29ClIN5O. The molecule has 1 aromatic carbocycles. The van der Waals surface area contributed by atoms with Crippen LogP contribution in [0.2, 0.25) is 5.02 Å². The number of hydrogen-bond donors (Lipinski definition) is 2. The second-order valence-electron chi connectivity index (χ2n) is 6.79. The van der Waals surface area contributed by atoms with E-state index in [1.165, 1.54) is 25.7 Å². The number of nitrogens with one attached hydrogen (secondary N) is 2. The average molecular weight is 518 g/mol. The van der Waals surface area contributed by atoms with Gasteiger partial charge >= 0.3 is 0 Å². The second-order valence-corrected chi connectivity index (χ2v) is 7.19. The molecule has 0 saturated heterocycles. The van der Waals surface area contributed by atoms with Crippen LogP contribution in [0.1, 0.15) is 43.0 Å². The number of rotatable bonds is 7. The van der Waals surface area contributed by atoms with Crippen molar-refractivity contribution in [2.45, 2.75) is 44.7 Å². The van der Waals surface area contributed by atoms with Gasteiger partial charge in [-0.2, -0.15) is 5.10 Å². The van der Waals surface area contributed by atoms with Gasteiger partial charge in [0, 0.05) is 24.8 Å². The Balaban J connectivity index is 0.00000280. The normalized spacial score (nSPS) is 14.6. The molecule has 0 atom stereocenters. The molecular weight excluding hydrogens is 489 g/mol. The highest BCUT2D eigenvalue weighted by atomic mass is 127. The van der Waals surface area contributed by atoms with Crippen molar-refractivity contribution in [2.24, 2.45) is 4.99 Å². The first-order valence-corrected chi connectivity index (χ1v) is 9.88. The summed E-state index contributed by atoms with van der Waals surface area (Å²) in [5.74, 6) is 1.53. The van der Waals surface area contributed by atoms with Gasteiger partial charge in [-0.25, -0.2) is 0 Å². The van der Waals surface area contributed by atoms with Gasteiger partial charge in [-0.05, 0) is 43.0 Å². The van der Waals surface area contributed by atoms with E-state index in [-0.39, 0.29) is 24.0 Å². The Morgan fingerprint density at radius 3 is 2.75 bits per heavy atom. The van der Waals surface area contributed by atoms with Crippen LogP contribution in [-0.4, -0.2) is 36.4 Å². The van der Waals surface area contributed by atoms with Crippen molar-refractivity contribution in [3.63, 3.8) is 0 Å². The summed E-state index contributed by atoms with van der Waals surface area (Å²) < 4.78 is 7.30. The van der Waals surface area contributed by atoms with E-state index in [4.69, 9.17) is 21.4 Å². The molecule has 1 aliphatic rings. The number of methoxy groups -OCH3 is 1. The minimum absolute atomic E-state index is 0. The third-order valence-corrected chi connectivity index (χ3v) is 5.32. The number of benzene rings is 1. The molecule has 3 rings (SSSR count). The standard InChI is InChI=1S/C20H28ClN5O.HI/c1-22-20(23-11-9-15-7-8-18(27-2)13-19(15)21)24-14-16-10-12-26(25-16)17-5-3-4-6-17;/h7-8,10,12-13,17H,3-6,9,11,14H2,1-2H3,(H2,22,23,24);1H. The molecule has 1 saturated carbocycles. The summed E-state index contributed by atoms with van der Waals surface area (Å²) in [7, 11) is 3.41. The summed E-state index contributed by atoms with van der Waals surface area (Å²) in [5.41, 5.74) is 2.11. The second kappa shape index (κ2) is 11.5. The summed E-state index contributed by atoms with van der Waals surface area (Å²) in [6, 6.07) is 8.41. The van der Waals surface area contributed by atoms with Crippen molar-refractivity contribution in [3.8, 4) is 5.75 Å². The lowest BCUT2D eigenvalue weighted by atomic mass is 10.1. The molecule has 0 aliphatic heterocycles. The minimum atomic E-state index is 0. The molecule has 2 aromatic rings. The zero-order valence-electron chi connectivity index (χ0n) is 16.4. The van der Waals surface area contributed by atoms with Crippen molar-refractivity contribution in [1.82, 2.24) is 20.4 Å². The number of halogens is 2. The average Bonchev–Trinajstić information content (AvgIpc) is 3.37. The number of ether oxygens (including phenoxy) is 1. The van der Waals surface area contributed by atoms with Gasteiger partial charge in [-0.1, -0.05) is 30.5 Å². The van der Waals surface area contributed by atoms with Crippen molar-refractivity contribution in [1.29, 1.82) is 0 Å². The highest BCUT2D eigenvalue weighted by molar-refractivity contribution is 14.0. The minimum Gasteiger partial charge on any atom is -0.497 e. The number of aliphatic imine (C=N–C) groups is 1. The predicted octanol–water partition coefficient (Wildman–Crippen LogP) is 4.19. The Hall–Kier alpha value is -1.48. The van der Waals surface area contributed by atoms with Crippen molar-refractivity contribution in [2.75, 3.05) is 20.7 Å². The predicted molar refractivity (Wildman–Crippen MR) is 125 cm³/mol. The molecule has 1 aliphatic carbocycles. The van der Waals surface area contributed by atoms with Gasteiger partial charge < -0.3 is 15.4 Å². The molecule has 8 heteroatoms. The Bertz CT molecular complexity index is 774. The van der Waals surface area contributed by atoms with Gasteiger partial charge in [-0.15, -0.1) is 24.0 Å². The van der Waals surface area contributed by atoms with E-state index in [0.717, 1.165) is 41.0 Å². The molecule has 0 bridgehead atoms. The lowest BCUT2D eigenvalue weighted by Gasteiger charge is -2.12. The number of hydrogen-bond acceptors (Lipinski definition) is 3. The van der Waals surface area contributed by atoms with Gasteiger partial charge in [0.2, 0.25) is 0 Å². The first-order chi connectivity index (χ1) is 13.2. The maximum Gasteiger partial charge on any atom is 0.191 e. The van der Waals surface area contributed by atoms with Crippen LogP contribution in [-0.2, 0) is 13.0 Å². The maximum absolute atomic E-state index is 6.29. The largest absolute Gasteiger partial charge is 0.497 e. The summed E-state index contributed by atoms with van der Waals surface area (Å²) >= 11 is 6.29. The van der Waals surface area contributed by atoms with Crippen LogP contribution in [0.5, 0.6) is 5.75 Å². The van der Waals surface area contributed by atoms with E-state index in [2.05, 4.69) is 32.6 Å². The molecule has 28 heavy (non-hydrogen) atoms. The molecule has 0 amide bonds. The molecule has 0 radical (unpaired) electrons. The highest BCUT2D eigenvalue weighted by Gasteiger charge is 2.17. The quantitative estimate of drug-likeness (QED) is 0.328. The third kappa shape index (κ3) is 6.27. The molecule has 1 aromatic heterocycles. The van der Waals surface area contributed by atoms with Gasteiger partial charge in [0.25, 0.3) is 0 Å². The highest BCUT2D eigenvalue weighted by Crippen LogP contribution is 2.28. The van der Waals surface area contributed by atoms with E-state index < -0.39 is 0 Å². The molecule has 0 unspecified atom stereocenters. The number of aromatic nitrogens is 2. The Kier molecular flexibility index (Phi) is 9.37. The SMILES string of the molecule is CN=C(NCCc1ccc(OC)cc1Cl)NCc1ccn(C2CCCC2)n1.I. The summed E-state index contributed by atoms with van der Waals surface area (Å²) in [6.45, 7) is 1.39. The monoisotopic (exact) mass is 517 g/mol. The topological polar surface area (TPSA) is 63.5 Å².